The molecule has 1 heterocycles. The number of oxazole rings is 1. The molecule has 0 bridgehead atoms. The fourth-order valence-corrected chi connectivity index (χ4v) is 1.73. The van der Waals surface area contributed by atoms with Crippen LogP contribution >= 0.6 is 12.2 Å². The van der Waals surface area contributed by atoms with Gasteiger partial charge in [0, 0.05) is 0 Å². The minimum absolute atomic E-state index is 0.383. The lowest BCUT2D eigenvalue weighted by atomic mass is 10.1. The highest BCUT2D eigenvalue weighted by atomic mass is 32.1. The number of benzene rings is 1. The Balaban J connectivity index is 2.63. The molecule has 0 fully saturated rings. The van der Waals surface area contributed by atoms with Crippen molar-refractivity contribution in [3.63, 3.8) is 0 Å². The van der Waals surface area contributed by atoms with Gasteiger partial charge in [-0.1, -0.05) is 12.1 Å². The van der Waals surface area contributed by atoms with Crippen molar-refractivity contribution in [2.45, 2.75) is 6.92 Å². The fraction of sp³-hybridized carbons (Fsp3) is 0.182. The third kappa shape index (κ3) is 1.80. The number of methoxy groups -OCH3 is 1. The van der Waals surface area contributed by atoms with Crippen molar-refractivity contribution in [1.82, 2.24) is 4.98 Å². The zero-order valence-corrected chi connectivity index (χ0v) is 9.35. The van der Waals surface area contributed by atoms with Crippen LogP contribution in [0.3, 0.4) is 0 Å². The van der Waals surface area contributed by atoms with E-state index in [-0.39, 0.29) is 0 Å². The van der Waals surface area contributed by atoms with Gasteiger partial charge >= 0.3 is 0 Å². The van der Waals surface area contributed by atoms with Crippen LogP contribution in [-0.4, -0.2) is 12.1 Å². The zero-order chi connectivity index (χ0) is 10.8. The van der Waals surface area contributed by atoms with E-state index in [0.717, 1.165) is 22.8 Å². The molecule has 3 nitrogen and oxygen atoms in total. The van der Waals surface area contributed by atoms with Crippen LogP contribution in [0.15, 0.2) is 28.7 Å². The molecular formula is C11H11NO2S. The van der Waals surface area contributed by atoms with Crippen molar-refractivity contribution >= 4 is 12.2 Å². The second kappa shape index (κ2) is 3.90. The number of nitrogens with one attached hydrogen (secondary N) is 1. The highest BCUT2D eigenvalue weighted by Crippen LogP contribution is 2.31. The maximum atomic E-state index is 5.42. The van der Waals surface area contributed by atoms with E-state index in [1.165, 1.54) is 0 Å². The summed E-state index contributed by atoms with van der Waals surface area (Å²) in [5.74, 6) is 1.51. The van der Waals surface area contributed by atoms with Crippen LogP contribution in [0.4, 0.5) is 0 Å². The minimum atomic E-state index is 0.383. The normalized spacial score (nSPS) is 10.3. The Bertz CT molecular complexity index is 527. The number of hydrogen-bond donors (Lipinski definition) is 1. The van der Waals surface area contributed by atoms with Gasteiger partial charge in [-0.2, -0.15) is 0 Å². The quantitative estimate of drug-likeness (QED) is 0.790. The summed E-state index contributed by atoms with van der Waals surface area (Å²) in [7, 11) is 1.63. The predicted molar refractivity (Wildman–Crippen MR) is 60.6 cm³/mol. The van der Waals surface area contributed by atoms with Gasteiger partial charge in [0.1, 0.15) is 5.75 Å². The van der Waals surface area contributed by atoms with Gasteiger partial charge in [-0.05, 0) is 31.3 Å². The van der Waals surface area contributed by atoms with Crippen LogP contribution in [-0.2, 0) is 0 Å². The van der Waals surface area contributed by atoms with Gasteiger partial charge in [-0.3, -0.25) is 0 Å². The number of aromatic amines is 1. The van der Waals surface area contributed by atoms with Gasteiger partial charge in [0.15, 0.2) is 5.76 Å². The number of aryl methyl sites for hydroxylation is 1. The first kappa shape index (κ1) is 9.98. The molecule has 1 aromatic heterocycles. The minimum Gasteiger partial charge on any atom is -0.496 e. The van der Waals surface area contributed by atoms with Gasteiger partial charge < -0.3 is 14.1 Å². The lowest BCUT2D eigenvalue weighted by Gasteiger charge is -2.05. The zero-order valence-electron chi connectivity index (χ0n) is 8.53. The van der Waals surface area contributed by atoms with Gasteiger partial charge in [0.2, 0.25) is 0 Å². The fourth-order valence-electron chi connectivity index (χ4n) is 1.49. The van der Waals surface area contributed by atoms with Crippen LogP contribution in [0.25, 0.3) is 11.3 Å². The average molecular weight is 221 g/mol. The van der Waals surface area contributed by atoms with Crippen LogP contribution in [0.2, 0.25) is 0 Å². The van der Waals surface area contributed by atoms with Crippen molar-refractivity contribution in [1.29, 1.82) is 0 Å². The SMILES string of the molecule is COc1ccccc1-c1oc(=S)[nH]c1C. The Hall–Kier alpha value is -1.55. The van der Waals surface area contributed by atoms with Gasteiger partial charge in [-0.25, -0.2) is 0 Å². The summed E-state index contributed by atoms with van der Waals surface area (Å²) < 4.78 is 10.7. The summed E-state index contributed by atoms with van der Waals surface area (Å²) in [6.07, 6.45) is 0. The first-order valence-corrected chi connectivity index (χ1v) is 4.96. The maximum Gasteiger partial charge on any atom is 0.266 e. The lowest BCUT2D eigenvalue weighted by Crippen LogP contribution is -1.87. The highest BCUT2D eigenvalue weighted by Gasteiger charge is 2.11. The van der Waals surface area contributed by atoms with E-state index in [1.54, 1.807) is 7.11 Å². The molecule has 2 rings (SSSR count). The molecular weight excluding hydrogens is 210 g/mol. The van der Waals surface area contributed by atoms with Gasteiger partial charge in [-0.15, -0.1) is 0 Å². The number of aromatic nitrogens is 1. The molecule has 1 aromatic carbocycles. The molecule has 4 heteroatoms. The number of hydrogen-bond acceptors (Lipinski definition) is 3. The summed E-state index contributed by atoms with van der Waals surface area (Å²) in [4.78, 5) is 3.33. The standard InChI is InChI=1S/C11H11NO2S/c1-7-10(14-11(15)12-7)8-5-3-4-6-9(8)13-2/h3-6H,1-2H3,(H,12,15). The van der Waals surface area contributed by atoms with Gasteiger partial charge in [0.05, 0.1) is 18.4 Å². The van der Waals surface area contributed by atoms with E-state index in [1.807, 2.05) is 31.2 Å². The monoisotopic (exact) mass is 221 g/mol. The van der Waals surface area contributed by atoms with E-state index in [4.69, 9.17) is 21.4 Å². The Kier molecular flexibility index (Phi) is 2.60. The number of rotatable bonds is 2. The summed E-state index contributed by atoms with van der Waals surface area (Å²) >= 11 is 4.94. The number of ether oxygens (including phenoxy) is 1. The molecule has 15 heavy (non-hydrogen) atoms. The third-order valence-electron chi connectivity index (χ3n) is 2.18. The summed E-state index contributed by atoms with van der Waals surface area (Å²) in [5.41, 5.74) is 1.81. The Labute approximate surface area is 92.7 Å². The molecule has 0 aliphatic heterocycles. The molecule has 78 valence electrons. The van der Waals surface area contributed by atoms with Crippen LogP contribution in [0.5, 0.6) is 5.75 Å². The predicted octanol–water partition coefficient (Wildman–Crippen LogP) is 3.32. The van der Waals surface area contributed by atoms with Crippen LogP contribution < -0.4 is 4.74 Å². The number of H-pyrrole nitrogens is 1. The van der Waals surface area contributed by atoms with Crippen molar-refractivity contribution in [3.05, 3.63) is 34.8 Å². The molecule has 0 radical (unpaired) electrons. The summed E-state index contributed by atoms with van der Waals surface area (Å²) in [6.45, 7) is 1.92. The first-order chi connectivity index (χ1) is 7.22. The third-order valence-corrected chi connectivity index (χ3v) is 2.36. The molecule has 2 aromatic rings. The maximum absolute atomic E-state index is 5.42. The largest absolute Gasteiger partial charge is 0.496 e. The molecule has 1 N–H and O–H groups in total. The molecule has 0 spiro atoms. The molecule has 0 amide bonds. The van der Waals surface area contributed by atoms with Crippen molar-refractivity contribution in [2.24, 2.45) is 0 Å². The van der Waals surface area contributed by atoms with Crippen LogP contribution in [0.1, 0.15) is 5.69 Å². The highest BCUT2D eigenvalue weighted by molar-refractivity contribution is 7.71. The van der Waals surface area contributed by atoms with Crippen molar-refractivity contribution in [3.8, 4) is 17.1 Å². The van der Waals surface area contributed by atoms with Crippen LogP contribution in [0, 0.1) is 11.8 Å². The first-order valence-electron chi connectivity index (χ1n) is 4.55. The van der Waals surface area contributed by atoms with Crippen molar-refractivity contribution in [2.75, 3.05) is 7.11 Å². The van der Waals surface area contributed by atoms with Crippen molar-refractivity contribution < 1.29 is 9.15 Å². The smallest absolute Gasteiger partial charge is 0.266 e. The van der Waals surface area contributed by atoms with E-state index >= 15 is 0 Å². The molecule has 0 saturated carbocycles. The Morgan fingerprint density at radius 2 is 2.07 bits per heavy atom. The topological polar surface area (TPSA) is 38.2 Å². The Morgan fingerprint density at radius 1 is 1.33 bits per heavy atom. The molecule has 0 aliphatic carbocycles. The number of para-hydroxylation sites is 1. The Morgan fingerprint density at radius 3 is 2.67 bits per heavy atom. The molecule has 0 aliphatic rings. The molecule has 0 atom stereocenters. The summed E-state index contributed by atoms with van der Waals surface area (Å²) in [6, 6.07) is 7.68. The lowest BCUT2D eigenvalue weighted by molar-refractivity contribution is 0.414. The molecule has 0 unspecified atom stereocenters. The average Bonchev–Trinajstić information content (AvgIpc) is 2.57. The van der Waals surface area contributed by atoms with E-state index in [0.29, 0.717) is 4.84 Å². The van der Waals surface area contributed by atoms with E-state index < -0.39 is 0 Å². The second-order valence-electron chi connectivity index (χ2n) is 3.17. The molecule has 0 saturated heterocycles. The summed E-state index contributed by atoms with van der Waals surface area (Å²) in [5, 5.41) is 0. The second-order valence-corrected chi connectivity index (χ2v) is 3.54. The van der Waals surface area contributed by atoms with Gasteiger partial charge in [0.25, 0.3) is 4.84 Å². The van der Waals surface area contributed by atoms with E-state index in [2.05, 4.69) is 4.98 Å². The van der Waals surface area contributed by atoms with E-state index in [9.17, 15) is 0 Å².